The van der Waals surface area contributed by atoms with Crippen molar-refractivity contribution in [2.45, 2.75) is 12.3 Å². The van der Waals surface area contributed by atoms with Crippen LogP contribution in [0.25, 0.3) is 16.9 Å². The Morgan fingerprint density at radius 1 is 1.30 bits per heavy atom. The van der Waals surface area contributed by atoms with Gasteiger partial charge in [0, 0.05) is 6.20 Å². The maximum absolute atomic E-state index is 9.03. The first-order valence-corrected chi connectivity index (χ1v) is 6.62. The largest absolute Gasteiger partial charge is 0.279 e. The van der Waals surface area contributed by atoms with E-state index in [-0.39, 0.29) is 5.38 Å². The third-order valence-corrected chi connectivity index (χ3v) is 3.23. The van der Waals surface area contributed by atoms with Gasteiger partial charge in [0.05, 0.1) is 22.7 Å². The van der Waals surface area contributed by atoms with E-state index in [9.17, 15) is 0 Å². The Bertz CT molecular complexity index is 814. The van der Waals surface area contributed by atoms with E-state index < -0.39 is 0 Å². The number of alkyl halides is 1. The Labute approximate surface area is 121 Å². The zero-order valence-electron chi connectivity index (χ0n) is 10.8. The first kappa shape index (κ1) is 12.6. The number of rotatable bonds is 2. The minimum atomic E-state index is -0.255. The van der Waals surface area contributed by atoms with Crippen molar-refractivity contribution in [2.24, 2.45) is 0 Å². The number of halogens is 1. The molecule has 3 rings (SSSR count). The van der Waals surface area contributed by atoms with Crippen molar-refractivity contribution in [3.05, 3.63) is 54.0 Å². The van der Waals surface area contributed by atoms with Crippen molar-refractivity contribution < 1.29 is 0 Å². The van der Waals surface area contributed by atoms with Crippen LogP contribution in [0.2, 0.25) is 0 Å². The van der Waals surface area contributed by atoms with Gasteiger partial charge in [-0.1, -0.05) is 6.07 Å². The third kappa shape index (κ3) is 2.02. The smallest absolute Gasteiger partial charge is 0.164 e. The number of benzene rings is 1. The molecule has 4 nitrogen and oxygen atoms in total. The zero-order chi connectivity index (χ0) is 14.1. The normalized spacial score (nSPS) is 12.2. The summed E-state index contributed by atoms with van der Waals surface area (Å²) in [5.74, 6) is 0.718. The Morgan fingerprint density at radius 2 is 2.15 bits per heavy atom. The topological polar surface area (TPSA) is 54.5 Å². The lowest BCUT2D eigenvalue weighted by molar-refractivity contribution is 0.877. The van der Waals surface area contributed by atoms with Crippen LogP contribution >= 0.6 is 11.6 Å². The Hall–Kier alpha value is -2.38. The first-order valence-electron chi connectivity index (χ1n) is 6.18. The van der Waals surface area contributed by atoms with E-state index >= 15 is 0 Å². The highest BCUT2D eigenvalue weighted by molar-refractivity contribution is 6.20. The second-order valence-electron chi connectivity index (χ2n) is 4.43. The van der Waals surface area contributed by atoms with E-state index in [0.717, 1.165) is 22.7 Å². The molecule has 98 valence electrons. The lowest BCUT2D eigenvalue weighted by Crippen LogP contribution is -2.02. The third-order valence-electron chi connectivity index (χ3n) is 3.03. The lowest BCUT2D eigenvalue weighted by atomic mass is 10.2. The minimum absolute atomic E-state index is 0.255. The molecule has 0 saturated carbocycles. The van der Waals surface area contributed by atoms with Gasteiger partial charge in [-0.05, 0) is 37.3 Å². The second-order valence-corrected chi connectivity index (χ2v) is 5.08. The number of fused-ring (bicyclic) bond motifs is 1. The molecule has 1 aromatic carbocycles. The molecule has 5 heteroatoms. The summed E-state index contributed by atoms with van der Waals surface area (Å²) in [7, 11) is 0. The number of pyridine rings is 1. The molecule has 0 spiro atoms. The Morgan fingerprint density at radius 3 is 2.90 bits per heavy atom. The Kier molecular flexibility index (Phi) is 3.13. The summed E-state index contributed by atoms with van der Waals surface area (Å²) in [4.78, 5) is 8.90. The zero-order valence-corrected chi connectivity index (χ0v) is 11.5. The van der Waals surface area contributed by atoms with Gasteiger partial charge < -0.3 is 0 Å². The van der Waals surface area contributed by atoms with Gasteiger partial charge in [0.2, 0.25) is 0 Å². The second kappa shape index (κ2) is 4.95. The molecule has 0 N–H and O–H groups in total. The van der Waals surface area contributed by atoms with Crippen molar-refractivity contribution >= 4 is 22.8 Å². The average molecular weight is 283 g/mol. The number of hydrogen-bond acceptors (Lipinski definition) is 3. The van der Waals surface area contributed by atoms with E-state index in [1.165, 1.54) is 0 Å². The molecule has 2 heterocycles. The van der Waals surface area contributed by atoms with Crippen LogP contribution in [0.4, 0.5) is 0 Å². The quantitative estimate of drug-likeness (QED) is 0.675. The van der Waals surface area contributed by atoms with Gasteiger partial charge >= 0.3 is 0 Å². The average Bonchev–Trinajstić information content (AvgIpc) is 2.87. The van der Waals surface area contributed by atoms with E-state index in [1.54, 1.807) is 18.3 Å². The van der Waals surface area contributed by atoms with Crippen LogP contribution in [-0.4, -0.2) is 14.5 Å². The number of hydrogen-bond donors (Lipinski definition) is 0. The van der Waals surface area contributed by atoms with Crippen LogP contribution in [0.15, 0.2) is 42.6 Å². The maximum Gasteiger partial charge on any atom is 0.164 e. The fraction of sp³-hybridized carbons (Fsp3) is 0.133. The maximum atomic E-state index is 9.03. The molecule has 0 saturated heterocycles. The summed E-state index contributed by atoms with van der Waals surface area (Å²) in [6.07, 6.45) is 1.72. The van der Waals surface area contributed by atoms with E-state index in [1.807, 2.05) is 35.8 Å². The van der Waals surface area contributed by atoms with Gasteiger partial charge in [0.1, 0.15) is 11.3 Å². The fourth-order valence-corrected chi connectivity index (χ4v) is 2.31. The van der Waals surface area contributed by atoms with Crippen LogP contribution < -0.4 is 0 Å². The van der Waals surface area contributed by atoms with Crippen LogP contribution in [0, 0.1) is 11.3 Å². The number of nitriles is 1. The molecule has 3 aromatic rings. The fourth-order valence-electron chi connectivity index (χ4n) is 2.17. The standard InChI is InChI=1S/C15H11ClN4/c1-10(16)14-19-13-6-3-7-18-15(13)20(14)12-5-2-4-11(8-12)9-17/h2-8,10H,1H3. The van der Waals surface area contributed by atoms with Crippen molar-refractivity contribution in [3.8, 4) is 11.8 Å². The molecule has 0 radical (unpaired) electrons. The van der Waals surface area contributed by atoms with Crippen LogP contribution in [0.3, 0.4) is 0 Å². The number of nitrogens with zero attached hydrogens (tertiary/aromatic N) is 4. The van der Waals surface area contributed by atoms with Gasteiger partial charge in [0.15, 0.2) is 5.65 Å². The molecule has 0 aliphatic heterocycles. The van der Waals surface area contributed by atoms with Gasteiger partial charge in [-0.15, -0.1) is 11.6 Å². The molecule has 2 aromatic heterocycles. The van der Waals surface area contributed by atoms with E-state index in [4.69, 9.17) is 16.9 Å². The predicted octanol–water partition coefficient (Wildman–Crippen LogP) is 3.59. The summed E-state index contributed by atoms with van der Waals surface area (Å²) in [6.45, 7) is 1.87. The highest BCUT2D eigenvalue weighted by Crippen LogP contribution is 2.27. The van der Waals surface area contributed by atoms with Gasteiger partial charge in [-0.3, -0.25) is 4.57 Å². The monoisotopic (exact) mass is 282 g/mol. The summed E-state index contributed by atoms with van der Waals surface area (Å²) in [5.41, 5.74) is 2.96. The first-order chi connectivity index (χ1) is 9.70. The molecule has 1 unspecified atom stereocenters. The predicted molar refractivity (Wildman–Crippen MR) is 77.8 cm³/mol. The van der Waals surface area contributed by atoms with E-state index in [2.05, 4.69) is 16.0 Å². The summed E-state index contributed by atoms with van der Waals surface area (Å²) < 4.78 is 1.90. The molecule has 0 amide bonds. The van der Waals surface area contributed by atoms with E-state index in [0.29, 0.717) is 5.56 Å². The molecule has 0 bridgehead atoms. The summed E-state index contributed by atoms with van der Waals surface area (Å²) in [6, 6.07) is 13.2. The number of aromatic nitrogens is 3. The molecule has 0 fully saturated rings. The molecular weight excluding hydrogens is 272 g/mol. The molecular formula is C15H11ClN4. The van der Waals surface area contributed by atoms with Crippen LogP contribution in [-0.2, 0) is 0 Å². The van der Waals surface area contributed by atoms with Crippen molar-refractivity contribution in [1.82, 2.24) is 14.5 Å². The van der Waals surface area contributed by atoms with Gasteiger partial charge in [0.25, 0.3) is 0 Å². The molecule has 0 aliphatic rings. The Balaban J connectivity index is 2.33. The summed E-state index contributed by atoms with van der Waals surface area (Å²) in [5, 5.41) is 8.78. The van der Waals surface area contributed by atoms with Crippen molar-refractivity contribution in [2.75, 3.05) is 0 Å². The number of imidazole rings is 1. The molecule has 20 heavy (non-hydrogen) atoms. The highest BCUT2D eigenvalue weighted by Gasteiger charge is 2.17. The van der Waals surface area contributed by atoms with Gasteiger partial charge in [-0.25, -0.2) is 9.97 Å². The molecule has 1 atom stereocenters. The highest BCUT2D eigenvalue weighted by atomic mass is 35.5. The van der Waals surface area contributed by atoms with Gasteiger partial charge in [-0.2, -0.15) is 5.26 Å². The minimum Gasteiger partial charge on any atom is -0.279 e. The van der Waals surface area contributed by atoms with Crippen LogP contribution in [0.5, 0.6) is 0 Å². The van der Waals surface area contributed by atoms with Crippen LogP contribution in [0.1, 0.15) is 23.7 Å². The van der Waals surface area contributed by atoms with Crippen molar-refractivity contribution in [3.63, 3.8) is 0 Å². The molecule has 0 aliphatic carbocycles. The summed E-state index contributed by atoms with van der Waals surface area (Å²) >= 11 is 6.23. The lowest BCUT2D eigenvalue weighted by Gasteiger charge is -2.10. The van der Waals surface area contributed by atoms with Crippen molar-refractivity contribution in [1.29, 1.82) is 5.26 Å². The SMILES string of the molecule is CC(Cl)c1nc2cccnc2n1-c1cccc(C#N)c1.